The lowest BCUT2D eigenvalue weighted by Crippen LogP contribution is -1.99. The summed E-state index contributed by atoms with van der Waals surface area (Å²) in [5.74, 6) is 0.852. The van der Waals surface area contributed by atoms with Crippen molar-refractivity contribution < 1.29 is 0 Å². The minimum absolute atomic E-state index is 0.303. The number of halogens is 2. The Morgan fingerprint density at radius 2 is 2.06 bits per heavy atom. The fourth-order valence-corrected chi connectivity index (χ4v) is 2.01. The monoisotopic (exact) mass is 311 g/mol. The predicted octanol–water partition coefficient (Wildman–Crippen LogP) is 4.08. The van der Waals surface area contributed by atoms with E-state index < -0.39 is 0 Å². The van der Waals surface area contributed by atoms with E-state index in [1.807, 2.05) is 12.1 Å². The van der Waals surface area contributed by atoms with Crippen molar-refractivity contribution in [2.75, 3.05) is 0 Å². The Hall–Kier alpha value is -1.000. The molecule has 0 saturated carbocycles. The highest BCUT2D eigenvalue weighted by atomic mass is 79.9. The molecule has 2 heterocycles. The molecule has 0 aliphatic heterocycles. The van der Waals surface area contributed by atoms with Gasteiger partial charge in [0.15, 0.2) is 5.82 Å². The molecule has 0 spiro atoms. The number of aromatic nitrogens is 3. The summed E-state index contributed by atoms with van der Waals surface area (Å²) >= 11 is 9.44. The molecule has 0 fully saturated rings. The van der Waals surface area contributed by atoms with Crippen molar-refractivity contribution >= 4 is 27.5 Å². The fraction of sp³-hybridized carbons (Fsp3) is 0.250. The maximum absolute atomic E-state index is 6.00. The van der Waals surface area contributed by atoms with Gasteiger partial charge in [0, 0.05) is 16.4 Å². The average Bonchev–Trinajstić information content (AvgIpc) is 2.28. The molecule has 17 heavy (non-hydrogen) atoms. The van der Waals surface area contributed by atoms with Crippen LogP contribution in [-0.2, 0) is 0 Å². The maximum Gasteiger partial charge on any atom is 0.181 e. The first-order chi connectivity index (χ1) is 8.08. The lowest BCUT2D eigenvalue weighted by atomic mass is 10.1. The molecule has 0 aliphatic carbocycles. The third-order valence-electron chi connectivity index (χ3n) is 2.28. The zero-order valence-corrected chi connectivity index (χ0v) is 11.8. The molecule has 0 aliphatic rings. The van der Waals surface area contributed by atoms with E-state index in [2.05, 4.69) is 44.7 Å². The van der Waals surface area contributed by atoms with Gasteiger partial charge in [0.1, 0.15) is 10.8 Å². The van der Waals surface area contributed by atoms with Crippen molar-refractivity contribution in [1.82, 2.24) is 15.0 Å². The van der Waals surface area contributed by atoms with E-state index in [1.54, 1.807) is 12.3 Å². The van der Waals surface area contributed by atoms with E-state index in [0.29, 0.717) is 22.6 Å². The van der Waals surface area contributed by atoms with Gasteiger partial charge in [-0.25, -0.2) is 9.97 Å². The van der Waals surface area contributed by atoms with Crippen molar-refractivity contribution in [2.24, 2.45) is 0 Å². The summed E-state index contributed by atoms with van der Waals surface area (Å²) in [5.41, 5.74) is 1.62. The number of rotatable bonds is 2. The summed E-state index contributed by atoms with van der Waals surface area (Å²) in [5, 5.41) is 0.441. The van der Waals surface area contributed by atoms with Gasteiger partial charge in [-0.05, 0) is 40.0 Å². The van der Waals surface area contributed by atoms with Gasteiger partial charge in [0.2, 0.25) is 0 Å². The third kappa shape index (κ3) is 2.82. The standard InChI is InChI=1S/C12H11BrClN3/c1-7(2)9-6-10(14)17-12(16-9)11-8(13)4-3-5-15-11/h3-7H,1-2H3. The number of hydrogen-bond acceptors (Lipinski definition) is 3. The number of hydrogen-bond donors (Lipinski definition) is 0. The van der Waals surface area contributed by atoms with Crippen molar-refractivity contribution in [2.45, 2.75) is 19.8 Å². The smallest absolute Gasteiger partial charge is 0.181 e. The minimum Gasteiger partial charge on any atom is -0.252 e. The van der Waals surface area contributed by atoms with Crippen molar-refractivity contribution in [3.63, 3.8) is 0 Å². The molecule has 0 radical (unpaired) electrons. The first-order valence-electron chi connectivity index (χ1n) is 5.23. The van der Waals surface area contributed by atoms with Gasteiger partial charge in [-0.3, -0.25) is 4.98 Å². The average molecular weight is 313 g/mol. The Morgan fingerprint density at radius 1 is 1.29 bits per heavy atom. The van der Waals surface area contributed by atoms with Gasteiger partial charge >= 0.3 is 0 Å². The van der Waals surface area contributed by atoms with Crippen molar-refractivity contribution in [3.8, 4) is 11.5 Å². The molecule has 0 N–H and O–H groups in total. The zero-order chi connectivity index (χ0) is 12.4. The summed E-state index contributed by atoms with van der Waals surface area (Å²) in [6, 6.07) is 5.54. The second-order valence-corrected chi connectivity index (χ2v) is 5.17. The Bertz CT molecular complexity index is 543. The SMILES string of the molecule is CC(C)c1cc(Cl)nc(-c2ncccc2Br)n1. The lowest BCUT2D eigenvalue weighted by Gasteiger charge is -2.08. The maximum atomic E-state index is 6.00. The van der Waals surface area contributed by atoms with E-state index in [-0.39, 0.29) is 0 Å². The molecule has 0 atom stereocenters. The topological polar surface area (TPSA) is 38.7 Å². The van der Waals surface area contributed by atoms with Crippen LogP contribution in [0.2, 0.25) is 5.15 Å². The lowest BCUT2D eigenvalue weighted by molar-refractivity contribution is 0.815. The molecule has 0 amide bonds. The highest BCUT2D eigenvalue weighted by Crippen LogP contribution is 2.25. The molecular formula is C12H11BrClN3. The molecule has 0 saturated heterocycles. The Morgan fingerprint density at radius 3 is 2.71 bits per heavy atom. The first kappa shape index (κ1) is 12.5. The van der Waals surface area contributed by atoms with Gasteiger partial charge in [-0.1, -0.05) is 25.4 Å². The van der Waals surface area contributed by atoms with Gasteiger partial charge in [-0.2, -0.15) is 0 Å². The molecule has 2 rings (SSSR count). The van der Waals surface area contributed by atoms with E-state index in [1.165, 1.54) is 0 Å². The molecule has 88 valence electrons. The van der Waals surface area contributed by atoms with Crippen LogP contribution in [0.3, 0.4) is 0 Å². The van der Waals surface area contributed by atoms with Crippen LogP contribution in [-0.4, -0.2) is 15.0 Å². The van der Waals surface area contributed by atoms with Crippen molar-refractivity contribution in [1.29, 1.82) is 0 Å². The molecule has 2 aromatic heterocycles. The number of nitrogens with zero attached hydrogens (tertiary/aromatic N) is 3. The summed E-state index contributed by atoms with van der Waals surface area (Å²) in [7, 11) is 0. The minimum atomic E-state index is 0.303. The highest BCUT2D eigenvalue weighted by Gasteiger charge is 2.11. The third-order valence-corrected chi connectivity index (χ3v) is 3.11. The van der Waals surface area contributed by atoms with Gasteiger partial charge in [-0.15, -0.1) is 0 Å². The van der Waals surface area contributed by atoms with Crippen LogP contribution in [0, 0.1) is 0 Å². The van der Waals surface area contributed by atoms with E-state index in [0.717, 1.165) is 10.2 Å². The summed E-state index contributed by atoms with van der Waals surface area (Å²) in [6.07, 6.45) is 1.71. The summed E-state index contributed by atoms with van der Waals surface area (Å²) < 4.78 is 0.858. The molecular weight excluding hydrogens is 302 g/mol. The van der Waals surface area contributed by atoms with Crippen LogP contribution < -0.4 is 0 Å². The molecule has 5 heteroatoms. The van der Waals surface area contributed by atoms with Gasteiger partial charge in [0.25, 0.3) is 0 Å². The van der Waals surface area contributed by atoms with Crippen LogP contribution >= 0.6 is 27.5 Å². The van der Waals surface area contributed by atoms with E-state index in [4.69, 9.17) is 11.6 Å². The normalized spacial score (nSPS) is 10.9. The van der Waals surface area contributed by atoms with Gasteiger partial charge < -0.3 is 0 Å². The molecule has 2 aromatic rings. The molecule has 0 unspecified atom stereocenters. The second kappa shape index (κ2) is 5.10. The Labute approximate surface area is 113 Å². The summed E-state index contributed by atoms with van der Waals surface area (Å²) in [4.78, 5) is 12.9. The van der Waals surface area contributed by atoms with E-state index in [9.17, 15) is 0 Å². The van der Waals surface area contributed by atoms with Crippen LogP contribution in [0.4, 0.5) is 0 Å². The van der Waals surface area contributed by atoms with Crippen LogP contribution in [0.15, 0.2) is 28.9 Å². The molecule has 0 bridgehead atoms. The van der Waals surface area contributed by atoms with Gasteiger partial charge in [0.05, 0.1) is 0 Å². The molecule has 3 nitrogen and oxygen atoms in total. The summed E-state index contributed by atoms with van der Waals surface area (Å²) in [6.45, 7) is 4.13. The van der Waals surface area contributed by atoms with Crippen LogP contribution in [0.25, 0.3) is 11.5 Å². The highest BCUT2D eigenvalue weighted by molar-refractivity contribution is 9.10. The first-order valence-corrected chi connectivity index (χ1v) is 6.40. The van der Waals surface area contributed by atoms with Crippen molar-refractivity contribution in [3.05, 3.63) is 39.7 Å². The Kier molecular flexibility index (Phi) is 3.74. The largest absolute Gasteiger partial charge is 0.252 e. The quantitative estimate of drug-likeness (QED) is 0.784. The fourth-order valence-electron chi connectivity index (χ4n) is 1.39. The van der Waals surface area contributed by atoms with E-state index >= 15 is 0 Å². The zero-order valence-electron chi connectivity index (χ0n) is 9.48. The predicted molar refractivity (Wildman–Crippen MR) is 72.1 cm³/mol. The van der Waals surface area contributed by atoms with Crippen LogP contribution in [0.5, 0.6) is 0 Å². The van der Waals surface area contributed by atoms with Crippen LogP contribution in [0.1, 0.15) is 25.5 Å². The number of pyridine rings is 1. The molecule has 0 aromatic carbocycles. The Balaban J connectivity index is 2.56. The second-order valence-electron chi connectivity index (χ2n) is 3.93.